The molecule has 2 aliphatic heterocycles. The summed E-state index contributed by atoms with van der Waals surface area (Å²) in [6.07, 6.45) is 0.0862. The van der Waals surface area contributed by atoms with Crippen molar-refractivity contribution >= 4 is 17.6 Å². The quantitative estimate of drug-likeness (QED) is 0.851. The second-order valence-electron chi connectivity index (χ2n) is 4.69. The monoisotopic (exact) mass is 247 g/mol. The highest BCUT2D eigenvalue weighted by Gasteiger charge is 2.35. The van der Waals surface area contributed by atoms with Gasteiger partial charge in [-0.15, -0.1) is 0 Å². The molecule has 0 spiro atoms. The third-order valence-electron chi connectivity index (χ3n) is 3.49. The van der Waals surface area contributed by atoms with Gasteiger partial charge in [-0.2, -0.15) is 0 Å². The molecule has 1 aromatic rings. The largest absolute Gasteiger partial charge is 0.481 e. The van der Waals surface area contributed by atoms with E-state index in [1.807, 2.05) is 18.2 Å². The first-order valence-corrected chi connectivity index (χ1v) is 5.88. The molecule has 1 aromatic carbocycles. The molecule has 5 heteroatoms. The molecular formula is C13H13NO4. The fraction of sp³-hybridized carbons (Fsp3) is 0.385. The zero-order chi connectivity index (χ0) is 12.7. The average molecular weight is 247 g/mol. The molecule has 0 bridgehead atoms. The highest BCUT2D eigenvalue weighted by atomic mass is 16.5. The summed E-state index contributed by atoms with van der Waals surface area (Å²) in [5, 5.41) is 8.95. The topological polar surface area (TPSA) is 66.8 Å². The summed E-state index contributed by atoms with van der Waals surface area (Å²) < 4.78 is 5.32. The van der Waals surface area contributed by atoms with Crippen molar-refractivity contribution in [2.75, 3.05) is 11.4 Å². The molecule has 18 heavy (non-hydrogen) atoms. The number of fused-ring (bicyclic) bond motifs is 1. The summed E-state index contributed by atoms with van der Waals surface area (Å²) in [5.41, 5.74) is 2.99. The summed E-state index contributed by atoms with van der Waals surface area (Å²) in [6, 6.07) is 5.72. The van der Waals surface area contributed by atoms with Gasteiger partial charge in [-0.3, -0.25) is 9.59 Å². The molecule has 0 saturated carbocycles. The zero-order valence-electron chi connectivity index (χ0n) is 9.76. The van der Waals surface area contributed by atoms with Crippen LogP contribution in [0.1, 0.15) is 17.5 Å². The van der Waals surface area contributed by atoms with E-state index >= 15 is 0 Å². The van der Waals surface area contributed by atoms with Crippen LogP contribution >= 0.6 is 0 Å². The number of rotatable bonds is 2. The number of hydrogen-bond donors (Lipinski definition) is 1. The van der Waals surface area contributed by atoms with E-state index in [1.165, 1.54) is 0 Å². The number of carbonyl (C=O) groups is 2. The lowest BCUT2D eigenvalue weighted by molar-refractivity contribution is -0.141. The molecule has 1 saturated heterocycles. The molecule has 0 radical (unpaired) electrons. The van der Waals surface area contributed by atoms with Gasteiger partial charge in [0.05, 0.1) is 19.1 Å². The Kier molecular flexibility index (Phi) is 2.56. The van der Waals surface area contributed by atoms with Crippen molar-refractivity contribution in [1.82, 2.24) is 0 Å². The first-order chi connectivity index (χ1) is 8.65. The van der Waals surface area contributed by atoms with Crippen molar-refractivity contribution in [3.8, 4) is 0 Å². The summed E-state index contributed by atoms with van der Waals surface area (Å²) in [4.78, 5) is 24.3. The van der Waals surface area contributed by atoms with Gasteiger partial charge in [0.2, 0.25) is 5.91 Å². The molecule has 1 unspecified atom stereocenters. The van der Waals surface area contributed by atoms with E-state index in [1.54, 1.807) is 4.90 Å². The average Bonchev–Trinajstić information content (AvgIpc) is 2.93. The molecule has 1 N–H and O–H groups in total. The van der Waals surface area contributed by atoms with Crippen molar-refractivity contribution in [1.29, 1.82) is 0 Å². The maximum Gasteiger partial charge on any atom is 0.308 e. The number of hydrogen-bond acceptors (Lipinski definition) is 3. The van der Waals surface area contributed by atoms with Gasteiger partial charge >= 0.3 is 5.97 Å². The van der Waals surface area contributed by atoms with E-state index < -0.39 is 11.9 Å². The lowest BCUT2D eigenvalue weighted by atomic mass is 10.1. The SMILES string of the molecule is O=C(O)C1CC(=O)N(c2ccc3c(c2)COC3)C1. The number of carbonyl (C=O) groups excluding carboxylic acids is 1. The van der Waals surface area contributed by atoms with Gasteiger partial charge < -0.3 is 14.7 Å². The number of ether oxygens (including phenoxy) is 1. The van der Waals surface area contributed by atoms with Gasteiger partial charge in [-0.1, -0.05) is 6.07 Å². The second kappa shape index (κ2) is 4.10. The van der Waals surface area contributed by atoms with Crippen LogP contribution in [0, 0.1) is 5.92 Å². The van der Waals surface area contributed by atoms with Crippen LogP contribution in [0.15, 0.2) is 18.2 Å². The standard InChI is InChI=1S/C13H13NO4/c15-12-4-9(13(16)17)5-14(12)11-2-1-8-6-18-7-10(8)3-11/h1-3,9H,4-7H2,(H,16,17). The molecule has 1 fully saturated rings. The van der Waals surface area contributed by atoms with E-state index in [0.29, 0.717) is 13.2 Å². The number of carboxylic acids is 1. The summed E-state index contributed by atoms with van der Waals surface area (Å²) in [5.74, 6) is -1.63. The van der Waals surface area contributed by atoms with Crippen LogP contribution in [0.3, 0.4) is 0 Å². The molecule has 0 aliphatic carbocycles. The Labute approximate surface area is 104 Å². The van der Waals surface area contributed by atoms with Gasteiger partial charge in [-0.05, 0) is 23.3 Å². The van der Waals surface area contributed by atoms with E-state index in [0.717, 1.165) is 16.8 Å². The summed E-state index contributed by atoms with van der Waals surface area (Å²) in [6.45, 7) is 1.43. The summed E-state index contributed by atoms with van der Waals surface area (Å²) >= 11 is 0. The molecule has 94 valence electrons. The Morgan fingerprint density at radius 3 is 2.83 bits per heavy atom. The van der Waals surface area contributed by atoms with Gasteiger partial charge in [0.1, 0.15) is 0 Å². The normalized spacial score (nSPS) is 22.3. The van der Waals surface area contributed by atoms with Crippen LogP contribution in [0.4, 0.5) is 5.69 Å². The first kappa shape index (κ1) is 11.2. The van der Waals surface area contributed by atoms with Crippen molar-refractivity contribution in [3.63, 3.8) is 0 Å². The van der Waals surface area contributed by atoms with Gasteiger partial charge in [0.15, 0.2) is 0 Å². The number of aliphatic carboxylic acids is 1. The Morgan fingerprint density at radius 1 is 1.33 bits per heavy atom. The number of anilines is 1. The molecule has 0 aromatic heterocycles. The van der Waals surface area contributed by atoms with Crippen LogP contribution in [0.2, 0.25) is 0 Å². The maximum atomic E-state index is 11.8. The van der Waals surface area contributed by atoms with E-state index in [2.05, 4.69) is 0 Å². The van der Waals surface area contributed by atoms with Crippen LogP contribution in [-0.2, 0) is 27.5 Å². The number of nitrogens with zero attached hydrogens (tertiary/aromatic N) is 1. The van der Waals surface area contributed by atoms with Crippen LogP contribution in [0.25, 0.3) is 0 Å². The minimum atomic E-state index is -0.907. The van der Waals surface area contributed by atoms with E-state index in [-0.39, 0.29) is 18.9 Å². The Bertz CT molecular complexity index is 526. The second-order valence-corrected chi connectivity index (χ2v) is 4.69. The Balaban J connectivity index is 1.87. The van der Waals surface area contributed by atoms with Crippen molar-refractivity contribution in [2.45, 2.75) is 19.6 Å². The van der Waals surface area contributed by atoms with Crippen LogP contribution in [0.5, 0.6) is 0 Å². The number of benzene rings is 1. The van der Waals surface area contributed by atoms with Crippen molar-refractivity contribution in [2.24, 2.45) is 5.92 Å². The predicted molar refractivity (Wildman–Crippen MR) is 63.0 cm³/mol. The highest BCUT2D eigenvalue weighted by molar-refractivity contribution is 5.99. The minimum Gasteiger partial charge on any atom is -0.481 e. The van der Waals surface area contributed by atoms with Crippen molar-refractivity contribution in [3.05, 3.63) is 29.3 Å². The molecule has 1 atom stereocenters. The third kappa shape index (κ3) is 1.76. The summed E-state index contributed by atoms with van der Waals surface area (Å²) in [7, 11) is 0. The molecule has 2 heterocycles. The number of amides is 1. The van der Waals surface area contributed by atoms with E-state index in [4.69, 9.17) is 9.84 Å². The van der Waals surface area contributed by atoms with Gasteiger partial charge in [0.25, 0.3) is 0 Å². The maximum absolute atomic E-state index is 11.8. The van der Waals surface area contributed by atoms with Gasteiger partial charge in [-0.25, -0.2) is 0 Å². The van der Waals surface area contributed by atoms with E-state index in [9.17, 15) is 9.59 Å². The lowest BCUT2D eigenvalue weighted by Gasteiger charge is -2.16. The van der Waals surface area contributed by atoms with Crippen molar-refractivity contribution < 1.29 is 19.4 Å². The Morgan fingerprint density at radius 2 is 2.11 bits per heavy atom. The molecule has 1 amide bonds. The highest BCUT2D eigenvalue weighted by Crippen LogP contribution is 2.29. The lowest BCUT2D eigenvalue weighted by Crippen LogP contribution is -2.25. The smallest absolute Gasteiger partial charge is 0.308 e. The zero-order valence-corrected chi connectivity index (χ0v) is 9.76. The molecule has 5 nitrogen and oxygen atoms in total. The Hall–Kier alpha value is -1.88. The third-order valence-corrected chi connectivity index (χ3v) is 3.49. The van der Waals surface area contributed by atoms with Crippen LogP contribution in [-0.4, -0.2) is 23.5 Å². The number of carboxylic acid groups (broad SMARTS) is 1. The fourth-order valence-corrected chi connectivity index (χ4v) is 2.45. The minimum absolute atomic E-state index is 0.0862. The van der Waals surface area contributed by atoms with Crippen LogP contribution < -0.4 is 4.90 Å². The fourth-order valence-electron chi connectivity index (χ4n) is 2.45. The molecule has 3 rings (SSSR count). The molecule has 2 aliphatic rings. The first-order valence-electron chi connectivity index (χ1n) is 5.88. The molecular weight excluding hydrogens is 234 g/mol. The van der Waals surface area contributed by atoms with Gasteiger partial charge in [0, 0.05) is 18.7 Å². The predicted octanol–water partition coefficient (Wildman–Crippen LogP) is 1.15.